The summed E-state index contributed by atoms with van der Waals surface area (Å²) < 4.78 is 17.5. The average molecular weight is 882 g/mol. The minimum atomic E-state index is -1.09. The Hall–Kier alpha value is -6.75. The minimum Gasteiger partial charge on any atom is -0.372 e. The lowest BCUT2D eigenvalue weighted by molar-refractivity contribution is -0.136. The molecule has 1 saturated carbocycles. The van der Waals surface area contributed by atoms with Gasteiger partial charge >= 0.3 is 0 Å². The van der Waals surface area contributed by atoms with E-state index in [9.17, 15) is 24.0 Å². The molecule has 5 amide bonds. The summed E-state index contributed by atoms with van der Waals surface area (Å²) in [4.78, 5) is 84.5. The lowest BCUT2D eigenvalue weighted by atomic mass is 9.86. The van der Waals surface area contributed by atoms with Gasteiger partial charge in [0.1, 0.15) is 18.2 Å². The number of anilines is 4. The molecule has 3 N–H and O–H groups in total. The van der Waals surface area contributed by atoms with Crippen LogP contribution >= 0.6 is 0 Å². The number of nitrogens with one attached hydrogen (secondary N) is 3. The van der Waals surface area contributed by atoms with E-state index >= 15 is 4.39 Å². The molecular formula is C48H52FN11O5. The number of benzene rings is 3. The SMILES string of the molecule is O=C1CCC(N2C(=O)c3cc(F)c(N4CCN(CCCC5CCN(c6ccc(Nc7ncnc8c7ncn8C7CC(NC(=O)Cc8ccccc8)C7)cc6)CC5)CC4)cc3C2=O)C(=O)N1. The van der Waals surface area contributed by atoms with Gasteiger partial charge in [-0.3, -0.25) is 39.1 Å². The standard InChI is InChI=1S/C48H52FN11O5/c49-38-26-36-37(48(65)60(47(36)64)39-12-13-41(61)55-46(39)63)27-40(38)58-21-19-56(20-22-58)16-4-7-30-14-17-57(18-15-30)34-10-8-32(9-11-34)54-44-43-45(51-28-50-44)59(29-52-43)35-24-33(25-35)53-42(62)23-31-5-2-1-3-6-31/h1-3,5-6,8-11,26-30,33,35,39H,4,7,12-25H2,(H,53,62)(H,50,51,54)(H,55,61,63). The van der Waals surface area contributed by atoms with Gasteiger partial charge in [0.15, 0.2) is 17.0 Å². The number of amides is 5. The third-order valence-electron chi connectivity index (χ3n) is 13.9. The second kappa shape index (κ2) is 18.0. The van der Waals surface area contributed by atoms with E-state index in [-0.39, 0.29) is 47.6 Å². The molecule has 65 heavy (non-hydrogen) atoms. The Balaban J connectivity index is 0.650. The second-order valence-electron chi connectivity index (χ2n) is 18.0. The van der Waals surface area contributed by atoms with E-state index in [0.717, 1.165) is 99.1 Å². The predicted molar refractivity (Wildman–Crippen MR) is 241 cm³/mol. The molecule has 1 atom stereocenters. The summed E-state index contributed by atoms with van der Waals surface area (Å²) in [6.45, 7) is 5.69. The number of imidazole rings is 1. The molecular weight excluding hydrogens is 830 g/mol. The van der Waals surface area contributed by atoms with Gasteiger partial charge in [0.2, 0.25) is 17.7 Å². The average Bonchev–Trinajstić information content (AvgIpc) is 3.83. The molecule has 0 spiro atoms. The molecule has 16 nitrogen and oxygen atoms in total. The van der Waals surface area contributed by atoms with Crippen molar-refractivity contribution in [2.75, 3.05) is 60.9 Å². The van der Waals surface area contributed by atoms with Crippen LogP contribution in [-0.4, -0.2) is 117 Å². The second-order valence-corrected chi connectivity index (χ2v) is 18.0. The van der Waals surface area contributed by atoms with Gasteiger partial charge in [0.25, 0.3) is 11.8 Å². The Morgan fingerprint density at radius 1 is 0.815 bits per heavy atom. The normalized spacial score (nSPS) is 21.7. The fourth-order valence-electron chi connectivity index (χ4n) is 10.1. The number of nitrogens with zero attached hydrogens (tertiary/aromatic N) is 8. The van der Waals surface area contributed by atoms with Gasteiger partial charge in [-0.25, -0.2) is 19.3 Å². The van der Waals surface area contributed by atoms with Gasteiger partial charge in [-0.1, -0.05) is 30.3 Å². The van der Waals surface area contributed by atoms with Crippen LogP contribution in [0, 0.1) is 11.7 Å². The van der Waals surface area contributed by atoms with Gasteiger partial charge in [0, 0.05) is 69.1 Å². The maximum absolute atomic E-state index is 15.4. The summed E-state index contributed by atoms with van der Waals surface area (Å²) >= 11 is 0. The number of imide groups is 2. The van der Waals surface area contributed by atoms with Crippen molar-refractivity contribution in [3.05, 3.63) is 102 Å². The zero-order valence-electron chi connectivity index (χ0n) is 36.1. The number of piperazine rings is 1. The highest BCUT2D eigenvalue weighted by atomic mass is 19.1. The number of halogens is 1. The third-order valence-corrected chi connectivity index (χ3v) is 13.9. The van der Waals surface area contributed by atoms with Crippen molar-refractivity contribution < 1.29 is 28.4 Å². The summed E-state index contributed by atoms with van der Waals surface area (Å²) in [7, 11) is 0. The van der Waals surface area contributed by atoms with Crippen molar-refractivity contribution in [3.63, 3.8) is 0 Å². The van der Waals surface area contributed by atoms with Crippen molar-refractivity contribution in [1.29, 1.82) is 0 Å². The van der Waals surface area contributed by atoms with Gasteiger partial charge < -0.3 is 25.0 Å². The molecule has 0 bridgehead atoms. The lowest BCUT2D eigenvalue weighted by Crippen LogP contribution is -2.54. The number of fused-ring (bicyclic) bond motifs is 2. The Kier molecular flexibility index (Phi) is 11.7. The summed E-state index contributed by atoms with van der Waals surface area (Å²) in [6.07, 6.45) is 10.0. The van der Waals surface area contributed by atoms with E-state index in [0.29, 0.717) is 36.8 Å². The summed E-state index contributed by atoms with van der Waals surface area (Å²) in [5.41, 5.74) is 4.93. The van der Waals surface area contributed by atoms with Crippen molar-refractivity contribution in [2.24, 2.45) is 5.92 Å². The van der Waals surface area contributed by atoms with Gasteiger partial charge in [0.05, 0.1) is 29.6 Å². The van der Waals surface area contributed by atoms with Crippen molar-refractivity contribution in [3.8, 4) is 0 Å². The third kappa shape index (κ3) is 8.76. The van der Waals surface area contributed by atoms with Crippen molar-refractivity contribution >= 4 is 63.6 Å². The number of piperidine rings is 2. The number of hydrogen-bond acceptors (Lipinski definition) is 12. The summed E-state index contributed by atoms with van der Waals surface area (Å²) in [5.74, 6) is -1.69. The number of hydrogen-bond donors (Lipinski definition) is 3. The molecule has 10 rings (SSSR count). The molecule has 4 fully saturated rings. The Morgan fingerprint density at radius 3 is 2.29 bits per heavy atom. The molecule has 2 aromatic heterocycles. The molecule has 1 unspecified atom stereocenters. The molecule has 1 aliphatic carbocycles. The largest absolute Gasteiger partial charge is 0.372 e. The Labute approximate surface area is 375 Å². The Bertz CT molecular complexity index is 2620. The van der Waals surface area contributed by atoms with Gasteiger partial charge in [-0.2, -0.15) is 0 Å². The lowest BCUT2D eigenvalue weighted by Gasteiger charge is -2.37. The van der Waals surface area contributed by atoms with E-state index in [1.165, 1.54) is 11.8 Å². The monoisotopic (exact) mass is 881 g/mol. The van der Waals surface area contributed by atoms with Gasteiger partial charge in [-0.05, 0) is 99.4 Å². The van der Waals surface area contributed by atoms with E-state index < -0.39 is 35.5 Å². The molecule has 6 heterocycles. The van der Waals surface area contributed by atoms with E-state index in [4.69, 9.17) is 0 Å². The quantitative estimate of drug-likeness (QED) is 0.135. The topological polar surface area (TPSA) is 178 Å². The molecule has 4 aliphatic heterocycles. The van der Waals surface area contributed by atoms with Gasteiger partial charge in [-0.15, -0.1) is 0 Å². The van der Waals surface area contributed by atoms with Crippen molar-refractivity contribution in [1.82, 2.24) is 40.0 Å². The van der Waals surface area contributed by atoms with Crippen LogP contribution in [0.2, 0.25) is 0 Å². The minimum absolute atomic E-state index is 0.0254. The zero-order chi connectivity index (χ0) is 44.6. The molecule has 336 valence electrons. The number of carbonyl (C=O) groups excluding carboxylic acids is 5. The van der Waals surface area contributed by atoms with E-state index in [1.54, 1.807) is 6.33 Å². The first kappa shape index (κ1) is 42.2. The van der Waals surface area contributed by atoms with E-state index in [2.05, 4.69) is 69.5 Å². The maximum atomic E-state index is 15.4. The first-order valence-electron chi connectivity index (χ1n) is 22.8. The Morgan fingerprint density at radius 2 is 1.55 bits per heavy atom. The molecule has 5 aromatic rings. The fraction of sp³-hybridized carbons (Fsp3) is 0.417. The maximum Gasteiger partial charge on any atom is 0.262 e. The molecule has 0 radical (unpaired) electrons. The van der Waals surface area contributed by atoms with Crippen LogP contribution in [0.5, 0.6) is 0 Å². The van der Waals surface area contributed by atoms with Crippen LogP contribution in [0.15, 0.2) is 79.4 Å². The van der Waals surface area contributed by atoms with Crippen LogP contribution < -0.4 is 25.8 Å². The zero-order valence-corrected chi connectivity index (χ0v) is 36.1. The van der Waals surface area contributed by atoms with Crippen LogP contribution in [-0.2, 0) is 20.8 Å². The first-order valence-corrected chi connectivity index (χ1v) is 22.8. The number of rotatable bonds is 13. The molecule has 3 saturated heterocycles. The molecule has 3 aromatic carbocycles. The molecule has 17 heteroatoms. The number of aromatic nitrogens is 4. The van der Waals surface area contributed by atoms with Crippen LogP contribution in [0.4, 0.5) is 27.3 Å². The van der Waals surface area contributed by atoms with Crippen LogP contribution in [0.1, 0.15) is 83.7 Å². The smallest absolute Gasteiger partial charge is 0.262 e. The van der Waals surface area contributed by atoms with E-state index in [1.807, 2.05) is 41.6 Å². The summed E-state index contributed by atoms with van der Waals surface area (Å²) in [5, 5.41) is 8.80. The highest BCUT2D eigenvalue weighted by Gasteiger charge is 2.45. The van der Waals surface area contributed by atoms with Crippen molar-refractivity contribution in [2.45, 2.75) is 75.9 Å². The van der Waals surface area contributed by atoms with Crippen LogP contribution in [0.25, 0.3) is 11.2 Å². The highest BCUT2D eigenvalue weighted by molar-refractivity contribution is 6.23. The predicted octanol–water partition coefficient (Wildman–Crippen LogP) is 4.99. The number of carbonyl (C=O) groups is 5. The first-order chi connectivity index (χ1) is 31.6. The highest BCUT2D eigenvalue weighted by Crippen LogP contribution is 2.36. The van der Waals surface area contributed by atoms with Crippen LogP contribution in [0.3, 0.4) is 0 Å². The molecule has 5 aliphatic rings. The fourth-order valence-corrected chi connectivity index (χ4v) is 10.1. The summed E-state index contributed by atoms with van der Waals surface area (Å²) in [6, 6.07) is 20.1.